The van der Waals surface area contributed by atoms with E-state index >= 15 is 0 Å². The highest BCUT2D eigenvalue weighted by Gasteiger charge is 2.46. The molecule has 0 radical (unpaired) electrons. The molecule has 6 N–H and O–H groups in total. The lowest BCUT2D eigenvalue weighted by molar-refractivity contribution is 0.0491. The first-order valence-electron chi connectivity index (χ1n) is 40.8. The van der Waals surface area contributed by atoms with E-state index in [0.29, 0.717) is 87.9 Å². The van der Waals surface area contributed by atoms with Crippen LogP contribution in [0.4, 0.5) is 32.2 Å². The molecule has 4 aliphatic heterocycles. The van der Waals surface area contributed by atoms with Crippen LogP contribution in [0.15, 0.2) is 162 Å². The number of benzene rings is 3. The number of amides is 3. The number of carbonyl (C=O) groups excluding carboxylic acids is 3. The van der Waals surface area contributed by atoms with Crippen LogP contribution in [0, 0.1) is 47.3 Å². The third-order valence-electron chi connectivity index (χ3n) is 22.6. The van der Waals surface area contributed by atoms with Gasteiger partial charge in [-0.25, -0.2) is 54.3 Å². The Morgan fingerprint density at radius 2 is 0.740 bits per heavy atom. The van der Waals surface area contributed by atoms with Gasteiger partial charge in [0.15, 0.2) is 22.6 Å². The Kier molecular flexibility index (Phi) is 30.0. The molecule has 656 valence electrons. The van der Waals surface area contributed by atoms with E-state index in [4.69, 9.17) is 111 Å². The fourth-order valence-corrected chi connectivity index (χ4v) is 21.9. The number of nitrogens with zero attached hydrogens (tertiary/aromatic N) is 15. The minimum Gasteiger partial charge on any atom is -0.444 e. The van der Waals surface area contributed by atoms with E-state index in [1.807, 2.05) is 139 Å². The normalized spacial score (nSPS) is 23.0. The lowest BCUT2D eigenvalue weighted by Gasteiger charge is -2.24. The first-order chi connectivity index (χ1) is 58.5. The second-order valence-corrected chi connectivity index (χ2v) is 42.2. The summed E-state index contributed by atoms with van der Waals surface area (Å²) in [6.45, 7) is 24.9. The molecule has 38 heteroatoms. The predicted molar refractivity (Wildman–Crippen MR) is 499 cm³/mol. The number of thiol groups is 1. The summed E-state index contributed by atoms with van der Waals surface area (Å²) in [6, 6.07) is 17.6. The Hall–Kier alpha value is -6.69. The molecule has 3 amide bonds. The van der Waals surface area contributed by atoms with Gasteiger partial charge in [0.1, 0.15) is 16.8 Å². The van der Waals surface area contributed by atoms with Crippen molar-refractivity contribution in [3.63, 3.8) is 0 Å². The number of aromatic nitrogens is 12. The molecule has 8 aliphatic rings. The van der Waals surface area contributed by atoms with Crippen LogP contribution < -0.4 is 41.7 Å². The highest BCUT2D eigenvalue weighted by atomic mass is 79.9. The molecular weight excluding hydrogens is 1900 g/mol. The van der Waals surface area contributed by atoms with E-state index < -0.39 is 16.8 Å². The molecule has 26 nitrogen and oxygen atoms in total. The van der Waals surface area contributed by atoms with E-state index in [-0.39, 0.29) is 30.4 Å². The van der Waals surface area contributed by atoms with Crippen molar-refractivity contribution in [2.24, 2.45) is 53.1 Å². The van der Waals surface area contributed by atoms with Gasteiger partial charge < -0.3 is 55.9 Å². The molecule has 123 heavy (non-hydrogen) atoms. The number of alkyl carbamates (subject to hydrolysis) is 3. The first kappa shape index (κ1) is 92.5. The Bertz CT molecular complexity index is 5490. The largest absolute Gasteiger partial charge is 0.444 e. The highest BCUT2D eigenvalue weighted by Crippen LogP contribution is 2.46. The topological polar surface area (TPSA) is 284 Å². The van der Waals surface area contributed by atoms with E-state index in [0.717, 1.165) is 185 Å². The van der Waals surface area contributed by atoms with Crippen LogP contribution in [0.5, 0.6) is 0 Å². The molecule has 4 saturated heterocycles. The van der Waals surface area contributed by atoms with Crippen molar-refractivity contribution in [2.75, 3.05) is 67.1 Å². The lowest BCUT2D eigenvalue weighted by atomic mass is 10.0. The van der Waals surface area contributed by atoms with Gasteiger partial charge in [0.2, 0.25) is 23.1 Å². The molecule has 19 rings (SSSR count). The number of ether oxygens (including phenoxy) is 3. The lowest BCUT2D eigenvalue weighted by Crippen LogP contribution is -2.39. The fraction of sp³-hybridized carbons (Fsp3) is 0.471. The molecular formula is C85H99Br2Cl7N20O6S3. The smallest absolute Gasteiger partial charge is 0.407 e. The first-order valence-corrected chi connectivity index (χ1v) is 47.1. The van der Waals surface area contributed by atoms with Crippen LogP contribution in [0.2, 0.25) is 35.4 Å². The maximum Gasteiger partial charge on any atom is 0.407 e. The van der Waals surface area contributed by atoms with Crippen molar-refractivity contribution >= 4 is 208 Å². The summed E-state index contributed by atoms with van der Waals surface area (Å²) in [5, 5.41) is 16.1. The molecule has 8 atom stereocenters. The number of nitrogens with one attached hydrogen (secondary N) is 4. The minimum atomic E-state index is -0.486. The Balaban J connectivity index is 0.000000126. The third-order valence-corrected chi connectivity index (χ3v) is 29.3. The Morgan fingerprint density at radius 3 is 1.11 bits per heavy atom. The SMILES string of the molecule is CC(C)(C)OC(=O)NC1CC2CN(c3ncc(Br)c4nccn34)CC2C1.CC(C)(C)OC(=O)NC1CC2CN(c3ncc(Sc4cccc(Cl)c4Cl)c4nccn34)CC2C1.CC(C)(C)OC(=O)NC1CC2CNCC2C1.Clc1ncc(Br)c2nccn12.NC1CC2CN(c3ncc(Sc4cccc(Cl)c4Cl)c4nccn34)CC2C1.Sc1cccc(Cl)c1Cl. The van der Waals surface area contributed by atoms with Crippen LogP contribution in [-0.4, -0.2) is 169 Å². The van der Waals surface area contributed by atoms with Crippen molar-refractivity contribution in [1.29, 1.82) is 0 Å². The zero-order chi connectivity index (χ0) is 87.5. The van der Waals surface area contributed by atoms with Gasteiger partial charge >= 0.3 is 18.3 Å². The number of anilines is 3. The van der Waals surface area contributed by atoms with Gasteiger partial charge in [0, 0.05) is 152 Å². The van der Waals surface area contributed by atoms with Crippen molar-refractivity contribution in [1.82, 2.24) is 78.7 Å². The summed E-state index contributed by atoms with van der Waals surface area (Å²) in [4.78, 5) is 82.8. The quantitative estimate of drug-likeness (QED) is 0.0421. The summed E-state index contributed by atoms with van der Waals surface area (Å²) >= 11 is 56.0. The maximum atomic E-state index is 12.2. The van der Waals surface area contributed by atoms with Crippen LogP contribution in [0.3, 0.4) is 0 Å². The molecule has 4 saturated carbocycles. The van der Waals surface area contributed by atoms with Gasteiger partial charge in [0.25, 0.3) is 0 Å². The van der Waals surface area contributed by atoms with Crippen LogP contribution in [0.25, 0.3) is 22.6 Å². The van der Waals surface area contributed by atoms with E-state index in [9.17, 15) is 14.4 Å². The molecule has 8 fully saturated rings. The highest BCUT2D eigenvalue weighted by molar-refractivity contribution is 9.11. The van der Waals surface area contributed by atoms with Gasteiger partial charge in [-0.05, 0) is 254 Å². The van der Waals surface area contributed by atoms with Crippen molar-refractivity contribution in [2.45, 2.75) is 179 Å². The van der Waals surface area contributed by atoms with Gasteiger partial charge in [-0.15, -0.1) is 12.6 Å². The Morgan fingerprint density at radius 1 is 0.423 bits per heavy atom. The van der Waals surface area contributed by atoms with Crippen LogP contribution >= 0.6 is 149 Å². The van der Waals surface area contributed by atoms with Crippen molar-refractivity contribution in [3.05, 3.63) is 173 Å². The number of imidazole rings is 4. The van der Waals surface area contributed by atoms with Crippen molar-refractivity contribution in [3.8, 4) is 0 Å². The van der Waals surface area contributed by atoms with Crippen molar-refractivity contribution < 1.29 is 28.6 Å². The zero-order valence-corrected chi connectivity index (χ0v) is 80.3. The molecule has 8 unspecified atom stereocenters. The number of hydrogen-bond donors (Lipinski definition) is 6. The monoisotopic (exact) mass is 1990 g/mol. The summed E-state index contributed by atoms with van der Waals surface area (Å²) < 4.78 is 25.6. The zero-order valence-electron chi connectivity index (χ0n) is 69.3. The standard InChI is InChI=1S/C24H27Cl2N5O2S.C19H19Cl2N5S.C18H24BrN5O2.C12H22N2O2.C6H3BrClN3.C6H4Cl2S/c1-24(2,3)33-23(32)29-16-9-14-12-30(13-15(14)10-16)22-28-11-19(21-27-7-8-31(21)22)34-18-6-4-5-17(25)20(18)26;20-14-2-1-3-15(17(14)21)27-16-8-24-19(26-5-4-23-18(16)26)25-9-11-6-13(22)7-12(11)10-25;1-18(2,3)26-17(25)22-13-6-11-9-23(10-12(11)7-13)16-21-8-14(19)15-20-4-5-24(15)16;1-12(2,3)16-11(15)14-10-4-8-6-13-7-9(8)5-10;7-4-3-10-6(8)11-2-1-9-5(4)11;7-4-2-1-3-5(9)6(4)8/h4-8,11,14-16H,9-10,12-13H2,1-3H3,(H,29,32);1-5,8,11-13H,6-7,9-10,22H2;4-5,8,11-13H,6-7,9-10H2,1-3H3,(H,22,25);8-10,13H,4-7H2,1-3H3,(H,14,15);1-3H;1-3,9H. The van der Waals surface area contributed by atoms with E-state index in [1.54, 1.807) is 65.7 Å². The molecule has 0 bridgehead atoms. The summed E-state index contributed by atoms with van der Waals surface area (Å²) in [5.41, 5.74) is 8.17. The maximum absolute atomic E-state index is 12.2. The summed E-state index contributed by atoms with van der Waals surface area (Å²) in [5.74, 6) is 7.80. The molecule has 8 aromatic heterocycles. The van der Waals surface area contributed by atoms with Gasteiger partial charge in [-0.1, -0.05) is 111 Å². The summed E-state index contributed by atoms with van der Waals surface area (Å²) in [7, 11) is 0. The third kappa shape index (κ3) is 23.3. The molecule has 12 heterocycles. The second kappa shape index (κ2) is 39.9. The number of nitrogens with two attached hydrogens (primary N) is 1. The number of hydrogen-bond acceptors (Lipinski definition) is 22. The average Bonchev–Trinajstić information content (AvgIpc) is 1.63. The molecule has 4 aliphatic carbocycles. The van der Waals surface area contributed by atoms with Crippen LogP contribution in [0.1, 0.15) is 114 Å². The average molecular weight is 2000 g/mol. The Labute approximate surface area is 781 Å². The molecule has 11 aromatic rings. The predicted octanol–water partition coefficient (Wildman–Crippen LogP) is 20.5. The second-order valence-electron chi connectivity index (χ2n) is 35.1. The number of carbonyl (C=O) groups is 3. The molecule has 3 aromatic carbocycles. The minimum absolute atomic E-state index is 0.162. The number of halogens is 9. The van der Waals surface area contributed by atoms with E-state index in [2.05, 4.69) is 115 Å². The fourth-order valence-electron chi connectivity index (χ4n) is 17.6. The number of rotatable bonds is 10. The summed E-state index contributed by atoms with van der Waals surface area (Å²) in [6.07, 6.45) is 29.3. The van der Waals surface area contributed by atoms with E-state index in [1.165, 1.54) is 23.5 Å². The van der Waals surface area contributed by atoms with Crippen LogP contribution in [-0.2, 0) is 14.2 Å². The number of fused-ring (bicyclic) bond motifs is 8. The van der Waals surface area contributed by atoms with Gasteiger partial charge in [0.05, 0.1) is 48.9 Å². The molecule has 0 spiro atoms. The van der Waals surface area contributed by atoms with Gasteiger partial charge in [-0.3, -0.25) is 17.6 Å². The van der Waals surface area contributed by atoms with Gasteiger partial charge in [-0.2, -0.15) is 0 Å².